The van der Waals surface area contributed by atoms with E-state index in [1.807, 2.05) is 6.08 Å². The highest BCUT2D eigenvalue weighted by atomic mass is 31.2. The van der Waals surface area contributed by atoms with Crippen LogP contribution in [0.15, 0.2) is 60.8 Å². The van der Waals surface area contributed by atoms with Crippen LogP contribution in [0.4, 0.5) is 0 Å². The van der Waals surface area contributed by atoms with Crippen molar-refractivity contribution in [2.24, 2.45) is 5.73 Å². The summed E-state index contributed by atoms with van der Waals surface area (Å²) in [5.74, 6) is -0.236. The molecule has 0 saturated carbocycles. The van der Waals surface area contributed by atoms with Crippen molar-refractivity contribution in [2.75, 3.05) is 19.8 Å². The molecule has 1 amide bonds. The minimum absolute atomic E-state index is 0.0692. The number of carbonyl (C=O) groups excluding carboxylic acids is 1. The number of hydrogen-bond donors (Lipinski definition) is 4. The highest BCUT2D eigenvalue weighted by Crippen LogP contribution is 2.43. The lowest BCUT2D eigenvalue weighted by molar-refractivity contribution is -0.123. The van der Waals surface area contributed by atoms with Crippen LogP contribution in [0.1, 0.15) is 174 Å². The van der Waals surface area contributed by atoms with Gasteiger partial charge in [0.25, 0.3) is 0 Å². The summed E-state index contributed by atoms with van der Waals surface area (Å²) in [5.41, 5.74) is 5.36. The van der Waals surface area contributed by atoms with Gasteiger partial charge in [0.1, 0.15) is 0 Å². The number of phosphoric ester groups is 1. The summed E-state index contributed by atoms with van der Waals surface area (Å²) in [7, 11) is -4.35. The third kappa shape index (κ3) is 36.6. The first-order chi connectivity index (χ1) is 25.4. The largest absolute Gasteiger partial charge is 0.472 e. The van der Waals surface area contributed by atoms with Crippen LogP contribution >= 0.6 is 7.82 Å². The first-order valence-corrected chi connectivity index (χ1v) is 22.4. The lowest BCUT2D eigenvalue weighted by atomic mass is 10.0. The molecule has 3 unspecified atom stereocenters. The summed E-state index contributed by atoms with van der Waals surface area (Å²) < 4.78 is 22.1. The van der Waals surface area contributed by atoms with Gasteiger partial charge in [-0.05, 0) is 57.8 Å². The van der Waals surface area contributed by atoms with Gasteiger partial charge in [0.2, 0.25) is 5.91 Å². The fraction of sp³-hybridized carbons (Fsp3) is 0.744. The number of nitrogens with two attached hydrogens (primary N) is 1. The van der Waals surface area contributed by atoms with E-state index < -0.39 is 20.0 Å². The molecule has 0 saturated heterocycles. The van der Waals surface area contributed by atoms with Crippen molar-refractivity contribution in [1.82, 2.24) is 5.32 Å². The van der Waals surface area contributed by atoms with Crippen molar-refractivity contribution in [3.05, 3.63) is 60.8 Å². The molecule has 0 radical (unpaired) electrons. The molecule has 302 valence electrons. The van der Waals surface area contributed by atoms with Crippen LogP contribution in [-0.4, -0.2) is 47.8 Å². The third-order valence-corrected chi connectivity index (χ3v) is 9.83. The van der Waals surface area contributed by atoms with Crippen LogP contribution < -0.4 is 11.1 Å². The molecule has 0 aromatic rings. The second-order valence-corrected chi connectivity index (χ2v) is 15.3. The number of rotatable bonds is 38. The molecule has 0 aliphatic rings. The van der Waals surface area contributed by atoms with Gasteiger partial charge in [0, 0.05) is 13.0 Å². The molecule has 5 N–H and O–H groups in total. The fourth-order valence-corrected chi connectivity index (χ4v) is 6.47. The molecule has 0 aromatic heterocycles. The number of hydrogen-bond acceptors (Lipinski definition) is 6. The van der Waals surface area contributed by atoms with E-state index >= 15 is 0 Å². The molecule has 0 aliphatic carbocycles. The van der Waals surface area contributed by atoms with E-state index in [0.717, 1.165) is 57.8 Å². The Morgan fingerprint density at radius 1 is 0.654 bits per heavy atom. The van der Waals surface area contributed by atoms with Gasteiger partial charge < -0.3 is 21.1 Å². The SMILES string of the molecule is CC/C=C\C/C=C\C/C=C\C/C=C\CCCCC(=O)NC(COP(=O)(O)OCCN)C(O)/C=C/CCCCCCCCCCCCCCCCCC. The van der Waals surface area contributed by atoms with Gasteiger partial charge in [0.05, 0.1) is 25.4 Å². The number of nitrogens with one attached hydrogen (secondary N) is 1. The summed E-state index contributed by atoms with van der Waals surface area (Å²) in [4.78, 5) is 22.6. The molecule has 0 spiro atoms. The summed E-state index contributed by atoms with van der Waals surface area (Å²) in [5, 5.41) is 13.6. The van der Waals surface area contributed by atoms with Gasteiger partial charge in [0.15, 0.2) is 0 Å². The molecule has 0 aromatic carbocycles. The number of aliphatic hydroxyl groups is 1. The molecule has 0 bridgehead atoms. The standard InChI is InChI=1S/C43H79N2O6P/c1-3-5-7-9-11-13-15-17-19-20-21-23-24-26-28-30-32-34-36-42(46)41(40-51-52(48,49)50-39-38-44)45-43(47)37-35-33-31-29-27-25-22-18-16-14-12-10-8-6-4-2/h6,8,12,14,18,22,27,29,34,36,41-42,46H,3-5,7,9-11,13,15-17,19-21,23-26,28,30-33,35,37-40,44H2,1-2H3,(H,45,47)(H,48,49)/b8-6-,14-12-,22-18-,29-27-,36-34+. The number of unbranched alkanes of at least 4 members (excludes halogenated alkanes) is 18. The first-order valence-electron chi connectivity index (χ1n) is 20.9. The van der Waals surface area contributed by atoms with E-state index in [1.54, 1.807) is 6.08 Å². The Morgan fingerprint density at radius 3 is 1.63 bits per heavy atom. The summed E-state index contributed by atoms with van der Waals surface area (Å²) in [6.07, 6.45) is 48.4. The van der Waals surface area contributed by atoms with Crippen LogP contribution in [0.2, 0.25) is 0 Å². The first kappa shape index (κ1) is 50.2. The summed E-state index contributed by atoms with van der Waals surface area (Å²) >= 11 is 0. The van der Waals surface area contributed by atoms with Crippen molar-refractivity contribution < 1.29 is 28.4 Å². The zero-order valence-corrected chi connectivity index (χ0v) is 34.2. The van der Waals surface area contributed by atoms with Gasteiger partial charge in [-0.2, -0.15) is 0 Å². The lowest BCUT2D eigenvalue weighted by Gasteiger charge is -2.23. The number of aliphatic hydroxyl groups excluding tert-OH is 1. The predicted molar refractivity (Wildman–Crippen MR) is 221 cm³/mol. The van der Waals surface area contributed by atoms with E-state index in [9.17, 15) is 19.4 Å². The normalized spacial score (nSPS) is 14.8. The zero-order chi connectivity index (χ0) is 38.2. The molecule has 0 heterocycles. The van der Waals surface area contributed by atoms with Gasteiger partial charge in [-0.15, -0.1) is 0 Å². The van der Waals surface area contributed by atoms with E-state index in [2.05, 4.69) is 67.8 Å². The number of phosphoric acid groups is 1. The molecule has 52 heavy (non-hydrogen) atoms. The minimum Gasteiger partial charge on any atom is -0.387 e. The van der Waals surface area contributed by atoms with E-state index in [-0.39, 0.29) is 25.7 Å². The highest BCUT2D eigenvalue weighted by molar-refractivity contribution is 7.47. The molecular weight excluding hydrogens is 671 g/mol. The minimum atomic E-state index is -4.35. The molecular formula is C43H79N2O6P. The average Bonchev–Trinajstić information content (AvgIpc) is 3.13. The van der Waals surface area contributed by atoms with Gasteiger partial charge in [-0.25, -0.2) is 4.57 Å². The van der Waals surface area contributed by atoms with Crippen LogP contribution in [0.25, 0.3) is 0 Å². The molecule has 0 fully saturated rings. The van der Waals surface area contributed by atoms with Crippen LogP contribution in [-0.2, 0) is 18.4 Å². The lowest BCUT2D eigenvalue weighted by Crippen LogP contribution is -2.45. The molecule has 9 heteroatoms. The van der Waals surface area contributed by atoms with Crippen LogP contribution in [0.5, 0.6) is 0 Å². The van der Waals surface area contributed by atoms with Gasteiger partial charge in [-0.1, -0.05) is 171 Å². The second-order valence-electron chi connectivity index (χ2n) is 13.8. The Balaban J connectivity index is 4.32. The summed E-state index contributed by atoms with van der Waals surface area (Å²) in [6, 6.07) is -0.883. The monoisotopic (exact) mass is 751 g/mol. The average molecular weight is 751 g/mol. The number of amides is 1. The predicted octanol–water partition coefficient (Wildman–Crippen LogP) is 11.5. The van der Waals surface area contributed by atoms with Crippen molar-refractivity contribution in [3.8, 4) is 0 Å². The van der Waals surface area contributed by atoms with E-state index in [4.69, 9.17) is 14.8 Å². The van der Waals surface area contributed by atoms with Crippen molar-refractivity contribution in [3.63, 3.8) is 0 Å². The van der Waals surface area contributed by atoms with E-state index in [0.29, 0.717) is 12.8 Å². The smallest absolute Gasteiger partial charge is 0.387 e. The van der Waals surface area contributed by atoms with Crippen molar-refractivity contribution >= 4 is 13.7 Å². The third-order valence-electron chi connectivity index (χ3n) is 8.85. The zero-order valence-electron chi connectivity index (χ0n) is 33.3. The Hall–Kier alpha value is -1.80. The molecule has 0 rings (SSSR count). The summed E-state index contributed by atoms with van der Waals surface area (Å²) in [6.45, 7) is 3.98. The Kier molecular flexibility index (Phi) is 37.6. The Bertz CT molecular complexity index is 996. The van der Waals surface area contributed by atoms with Crippen LogP contribution in [0, 0.1) is 0 Å². The van der Waals surface area contributed by atoms with Gasteiger partial charge in [-0.3, -0.25) is 13.8 Å². The van der Waals surface area contributed by atoms with E-state index in [1.165, 1.54) is 89.9 Å². The van der Waals surface area contributed by atoms with Crippen LogP contribution in [0.3, 0.4) is 0 Å². The Morgan fingerprint density at radius 2 is 1.12 bits per heavy atom. The van der Waals surface area contributed by atoms with Crippen molar-refractivity contribution in [1.29, 1.82) is 0 Å². The molecule has 3 atom stereocenters. The maximum atomic E-state index is 12.7. The maximum Gasteiger partial charge on any atom is 0.472 e. The van der Waals surface area contributed by atoms with Crippen molar-refractivity contribution in [2.45, 2.75) is 187 Å². The van der Waals surface area contributed by atoms with Gasteiger partial charge >= 0.3 is 7.82 Å². The fourth-order valence-electron chi connectivity index (χ4n) is 5.71. The second kappa shape index (κ2) is 38.9. The quantitative estimate of drug-likeness (QED) is 0.0281. The molecule has 0 aliphatic heterocycles. The molecule has 8 nitrogen and oxygen atoms in total. The highest BCUT2D eigenvalue weighted by Gasteiger charge is 2.26. The topological polar surface area (TPSA) is 131 Å². The maximum absolute atomic E-state index is 12.7. The Labute approximate surface area is 319 Å². The number of allylic oxidation sites excluding steroid dienone is 9. The number of carbonyl (C=O) groups is 1.